The molecule has 2 fully saturated rings. The largest absolute Gasteiger partial charge is 0.342 e. The molecular weight excluding hydrogens is 388 g/mol. The molecule has 1 N–H and O–H groups in total. The maximum Gasteiger partial charge on any atom is 0.318 e. The van der Waals surface area contributed by atoms with Crippen molar-refractivity contribution < 1.29 is 14.3 Å². The lowest BCUT2D eigenvalue weighted by Gasteiger charge is -2.34. The van der Waals surface area contributed by atoms with E-state index in [1.165, 1.54) is 11.1 Å². The minimum atomic E-state index is -0.683. The third-order valence-electron chi connectivity index (χ3n) is 6.25. The molecule has 2 amide bonds. The molecule has 2 heterocycles. The molecule has 5 heteroatoms. The number of rotatable bonds is 7. The number of fused-ring (bicyclic) bond motifs is 1. The van der Waals surface area contributed by atoms with Crippen LogP contribution < -0.4 is 5.32 Å². The smallest absolute Gasteiger partial charge is 0.318 e. The van der Waals surface area contributed by atoms with Gasteiger partial charge in [-0.1, -0.05) is 74.0 Å². The Morgan fingerprint density at radius 2 is 1.48 bits per heavy atom. The average Bonchev–Trinajstić information content (AvgIpc) is 3.05. The van der Waals surface area contributed by atoms with E-state index >= 15 is 0 Å². The molecule has 0 saturated carbocycles. The zero-order valence-electron chi connectivity index (χ0n) is 18.8. The lowest BCUT2D eigenvalue weighted by atomic mass is 9.91. The van der Waals surface area contributed by atoms with Gasteiger partial charge in [-0.15, -0.1) is 0 Å². The standard InChI is InChI=1S/C26H34N2O3/c1-4-5-16-28-22(18-20-14-10-7-11-15-20)24-23(30-26(2,3)31-24)21(27-25(28)29)17-19-12-8-6-9-13-19/h6-15,21-24H,4-5,16-18H2,1-3H3,(H,27,29)/t21-,22-,23+,24+/m1/s1. The van der Waals surface area contributed by atoms with E-state index in [9.17, 15) is 4.79 Å². The summed E-state index contributed by atoms with van der Waals surface area (Å²) in [6, 6.07) is 20.4. The molecule has 4 atom stereocenters. The molecule has 0 aromatic heterocycles. The van der Waals surface area contributed by atoms with Gasteiger partial charge in [0.05, 0.1) is 12.1 Å². The van der Waals surface area contributed by atoms with Crippen LogP contribution in [0.5, 0.6) is 0 Å². The number of carbonyl (C=O) groups excluding carboxylic acids is 1. The van der Waals surface area contributed by atoms with Gasteiger partial charge in [0, 0.05) is 6.54 Å². The van der Waals surface area contributed by atoms with Crippen LogP contribution in [0.2, 0.25) is 0 Å². The third-order valence-corrected chi connectivity index (χ3v) is 6.25. The summed E-state index contributed by atoms with van der Waals surface area (Å²) in [4.78, 5) is 15.4. The zero-order valence-corrected chi connectivity index (χ0v) is 18.8. The molecule has 2 saturated heterocycles. The predicted octanol–water partition coefficient (Wildman–Crippen LogP) is 4.55. The summed E-state index contributed by atoms with van der Waals surface area (Å²) >= 11 is 0. The van der Waals surface area contributed by atoms with Crippen molar-refractivity contribution in [2.45, 2.75) is 76.5 Å². The first-order valence-corrected chi connectivity index (χ1v) is 11.5. The van der Waals surface area contributed by atoms with Crippen LogP contribution >= 0.6 is 0 Å². The summed E-state index contributed by atoms with van der Waals surface area (Å²) in [7, 11) is 0. The van der Waals surface area contributed by atoms with Crippen LogP contribution in [0.4, 0.5) is 4.79 Å². The van der Waals surface area contributed by atoms with Gasteiger partial charge in [-0.2, -0.15) is 0 Å². The fourth-order valence-electron chi connectivity index (χ4n) is 4.79. The molecule has 0 unspecified atom stereocenters. The van der Waals surface area contributed by atoms with E-state index in [0.29, 0.717) is 13.0 Å². The van der Waals surface area contributed by atoms with Gasteiger partial charge < -0.3 is 19.7 Å². The first kappa shape index (κ1) is 21.8. The van der Waals surface area contributed by atoms with E-state index in [1.807, 2.05) is 55.1 Å². The molecule has 166 valence electrons. The predicted molar refractivity (Wildman–Crippen MR) is 122 cm³/mol. The molecule has 31 heavy (non-hydrogen) atoms. The van der Waals surface area contributed by atoms with E-state index in [4.69, 9.17) is 9.47 Å². The molecular formula is C26H34N2O3. The fraction of sp³-hybridized carbons (Fsp3) is 0.500. The number of ether oxygens (including phenoxy) is 2. The Morgan fingerprint density at radius 1 is 0.903 bits per heavy atom. The van der Waals surface area contributed by atoms with Crippen LogP contribution in [0.3, 0.4) is 0 Å². The van der Waals surface area contributed by atoms with Crippen molar-refractivity contribution in [2.75, 3.05) is 6.54 Å². The van der Waals surface area contributed by atoms with Gasteiger partial charge in [-0.25, -0.2) is 4.79 Å². The molecule has 0 aliphatic carbocycles. The maximum atomic E-state index is 13.4. The maximum absolute atomic E-state index is 13.4. The molecule has 2 aromatic rings. The second-order valence-electron chi connectivity index (χ2n) is 9.11. The second kappa shape index (κ2) is 9.41. The first-order valence-electron chi connectivity index (χ1n) is 11.5. The highest BCUT2D eigenvalue weighted by Crippen LogP contribution is 2.37. The summed E-state index contributed by atoms with van der Waals surface area (Å²) < 4.78 is 12.9. The summed E-state index contributed by atoms with van der Waals surface area (Å²) in [6.45, 7) is 6.81. The highest BCUT2D eigenvalue weighted by atomic mass is 16.8. The van der Waals surface area contributed by atoms with Crippen molar-refractivity contribution in [1.29, 1.82) is 0 Å². The highest BCUT2D eigenvalue weighted by Gasteiger charge is 2.52. The van der Waals surface area contributed by atoms with Crippen LogP contribution in [-0.2, 0) is 22.3 Å². The Morgan fingerprint density at radius 3 is 2.10 bits per heavy atom. The van der Waals surface area contributed by atoms with E-state index in [0.717, 1.165) is 19.3 Å². The van der Waals surface area contributed by atoms with Crippen molar-refractivity contribution in [2.24, 2.45) is 0 Å². The van der Waals surface area contributed by atoms with E-state index in [2.05, 4.69) is 36.5 Å². The summed E-state index contributed by atoms with van der Waals surface area (Å²) in [5.41, 5.74) is 2.39. The Balaban J connectivity index is 1.68. The SMILES string of the molecule is CCCCN1C(=O)N[C@H](Cc2ccccc2)[C@@H]2OC(C)(C)O[C@H]2[C@H]1Cc1ccccc1. The van der Waals surface area contributed by atoms with Crippen LogP contribution in [0.25, 0.3) is 0 Å². The van der Waals surface area contributed by atoms with E-state index < -0.39 is 5.79 Å². The van der Waals surface area contributed by atoms with Gasteiger partial charge in [0.15, 0.2) is 5.79 Å². The highest BCUT2D eigenvalue weighted by molar-refractivity contribution is 5.75. The molecule has 5 nitrogen and oxygen atoms in total. The third kappa shape index (κ3) is 5.10. The van der Waals surface area contributed by atoms with Gasteiger partial charge in [0.25, 0.3) is 0 Å². The molecule has 2 aliphatic heterocycles. The van der Waals surface area contributed by atoms with E-state index in [1.54, 1.807) is 0 Å². The molecule has 4 rings (SSSR count). The van der Waals surface area contributed by atoms with Crippen LogP contribution in [0.15, 0.2) is 60.7 Å². The second-order valence-corrected chi connectivity index (χ2v) is 9.11. The van der Waals surface area contributed by atoms with Crippen molar-refractivity contribution in [3.05, 3.63) is 71.8 Å². The van der Waals surface area contributed by atoms with Gasteiger partial charge in [-0.05, 0) is 44.2 Å². The Labute approximate surface area is 185 Å². The number of unbranched alkanes of at least 4 members (excludes halogenated alkanes) is 1. The Bertz CT molecular complexity index is 855. The van der Waals surface area contributed by atoms with Crippen LogP contribution in [0, 0.1) is 0 Å². The molecule has 0 spiro atoms. The number of nitrogens with zero attached hydrogens (tertiary/aromatic N) is 1. The quantitative estimate of drug-likeness (QED) is 0.712. The number of nitrogens with one attached hydrogen (secondary N) is 1. The Hall–Kier alpha value is -2.37. The fourth-order valence-corrected chi connectivity index (χ4v) is 4.79. The molecule has 2 aliphatic rings. The first-order chi connectivity index (χ1) is 15.0. The number of amides is 2. The lowest BCUT2D eigenvalue weighted by molar-refractivity contribution is -0.153. The normalized spacial score (nSPS) is 27.5. The lowest BCUT2D eigenvalue weighted by Crippen LogP contribution is -2.50. The number of carbonyl (C=O) groups is 1. The molecule has 2 aromatic carbocycles. The van der Waals surface area contributed by atoms with Gasteiger partial charge >= 0.3 is 6.03 Å². The number of hydrogen-bond acceptors (Lipinski definition) is 3. The molecule has 0 radical (unpaired) electrons. The summed E-state index contributed by atoms with van der Waals surface area (Å²) in [6.07, 6.45) is 3.05. The Kier molecular flexibility index (Phi) is 6.63. The van der Waals surface area contributed by atoms with Crippen molar-refractivity contribution in [3.63, 3.8) is 0 Å². The van der Waals surface area contributed by atoms with Crippen LogP contribution in [-0.4, -0.2) is 47.6 Å². The van der Waals surface area contributed by atoms with Gasteiger partial charge in [-0.3, -0.25) is 0 Å². The number of urea groups is 1. The zero-order chi connectivity index (χ0) is 21.8. The topological polar surface area (TPSA) is 50.8 Å². The number of hydrogen-bond donors (Lipinski definition) is 1. The van der Waals surface area contributed by atoms with Crippen molar-refractivity contribution >= 4 is 6.03 Å². The van der Waals surface area contributed by atoms with Gasteiger partial charge in [0.1, 0.15) is 12.2 Å². The summed E-state index contributed by atoms with van der Waals surface area (Å²) in [5, 5.41) is 3.29. The number of benzene rings is 2. The van der Waals surface area contributed by atoms with E-state index in [-0.39, 0.29) is 30.3 Å². The van der Waals surface area contributed by atoms with Crippen LogP contribution in [0.1, 0.15) is 44.7 Å². The monoisotopic (exact) mass is 422 g/mol. The van der Waals surface area contributed by atoms with Crippen molar-refractivity contribution in [1.82, 2.24) is 10.2 Å². The molecule has 0 bridgehead atoms. The minimum absolute atomic E-state index is 0.0188. The minimum Gasteiger partial charge on any atom is -0.342 e. The average molecular weight is 423 g/mol. The summed E-state index contributed by atoms with van der Waals surface area (Å²) in [5.74, 6) is -0.683. The van der Waals surface area contributed by atoms with Gasteiger partial charge in [0.2, 0.25) is 0 Å². The van der Waals surface area contributed by atoms with Crippen molar-refractivity contribution in [3.8, 4) is 0 Å².